The summed E-state index contributed by atoms with van der Waals surface area (Å²) in [6.07, 6.45) is 0. The summed E-state index contributed by atoms with van der Waals surface area (Å²) >= 11 is 0. The van der Waals surface area contributed by atoms with Gasteiger partial charge in [-0.15, -0.1) is 0 Å². The molecule has 0 aromatic heterocycles. The first-order valence-electron chi connectivity index (χ1n) is 10.1. The van der Waals surface area contributed by atoms with E-state index in [1.807, 2.05) is 0 Å². The van der Waals surface area contributed by atoms with Crippen molar-refractivity contribution in [2.45, 2.75) is 13.8 Å². The van der Waals surface area contributed by atoms with Crippen LogP contribution < -0.4 is 4.74 Å². The fourth-order valence-electron chi connectivity index (χ4n) is 3.35. The molecule has 6 heteroatoms. The molecule has 0 saturated heterocycles. The summed E-state index contributed by atoms with van der Waals surface area (Å²) in [5.41, 5.74) is 1.84. The van der Waals surface area contributed by atoms with E-state index in [-0.39, 0.29) is 28.0 Å². The maximum Gasteiger partial charge on any atom is 0.343 e. The van der Waals surface area contributed by atoms with Crippen molar-refractivity contribution in [3.05, 3.63) is 113 Å². The third kappa shape index (κ3) is 4.51. The Labute approximate surface area is 188 Å². The largest absolute Gasteiger partial charge is 0.423 e. The van der Waals surface area contributed by atoms with Crippen molar-refractivity contribution in [2.24, 2.45) is 0 Å². The highest BCUT2D eigenvalue weighted by Crippen LogP contribution is 2.28. The minimum atomic E-state index is -0.937. The summed E-state index contributed by atoms with van der Waals surface area (Å²) in [6.45, 7) is 2.84. The molecular formula is C27H18F4O2. The predicted octanol–water partition coefficient (Wildman–Crippen LogP) is 7.41. The van der Waals surface area contributed by atoms with Crippen molar-refractivity contribution in [3.63, 3.8) is 0 Å². The van der Waals surface area contributed by atoms with E-state index in [0.29, 0.717) is 16.7 Å². The molecule has 33 heavy (non-hydrogen) atoms. The Morgan fingerprint density at radius 3 is 1.85 bits per heavy atom. The average Bonchev–Trinajstić information content (AvgIpc) is 2.81. The molecule has 4 aromatic rings. The first kappa shape index (κ1) is 22.3. The quantitative estimate of drug-likeness (QED) is 0.184. The maximum absolute atomic E-state index is 14.2. The first-order chi connectivity index (χ1) is 15.7. The highest BCUT2D eigenvalue weighted by atomic mass is 19.2. The van der Waals surface area contributed by atoms with Crippen LogP contribution in [0.2, 0.25) is 0 Å². The third-order valence-corrected chi connectivity index (χ3v) is 5.39. The van der Waals surface area contributed by atoms with Crippen LogP contribution in [0.5, 0.6) is 5.75 Å². The molecule has 0 spiro atoms. The second-order valence-electron chi connectivity index (χ2n) is 7.61. The van der Waals surface area contributed by atoms with Crippen LogP contribution in [-0.4, -0.2) is 5.97 Å². The van der Waals surface area contributed by atoms with Gasteiger partial charge in [0.1, 0.15) is 17.4 Å². The van der Waals surface area contributed by atoms with E-state index in [1.54, 1.807) is 12.1 Å². The highest BCUT2D eigenvalue weighted by molar-refractivity contribution is 5.91. The number of hydrogen-bond donors (Lipinski definition) is 0. The average molecular weight is 450 g/mol. The normalized spacial score (nSPS) is 10.8. The lowest BCUT2D eigenvalue weighted by atomic mass is 10.0. The molecule has 0 aliphatic rings. The lowest BCUT2D eigenvalue weighted by Crippen LogP contribution is -2.08. The van der Waals surface area contributed by atoms with Crippen LogP contribution in [-0.2, 0) is 0 Å². The van der Waals surface area contributed by atoms with Gasteiger partial charge in [-0.25, -0.2) is 22.4 Å². The number of carbonyl (C=O) groups excluding carboxylic acids is 1. The molecule has 0 aliphatic heterocycles. The van der Waals surface area contributed by atoms with Gasteiger partial charge in [-0.1, -0.05) is 36.4 Å². The molecule has 0 heterocycles. The van der Waals surface area contributed by atoms with Gasteiger partial charge in [-0.2, -0.15) is 0 Å². The Bertz CT molecular complexity index is 1320. The van der Waals surface area contributed by atoms with Gasteiger partial charge >= 0.3 is 5.97 Å². The molecule has 0 saturated carbocycles. The molecule has 0 fully saturated rings. The molecule has 0 radical (unpaired) electrons. The van der Waals surface area contributed by atoms with Crippen LogP contribution in [0, 0.1) is 37.1 Å². The maximum atomic E-state index is 14.2. The van der Waals surface area contributed by atoms with Crippen molar-refractivity contribution in [3.8, 4) is 28.0 Å². The second kappa shape index (κ2) is 8.90. The Hall–Kier alpha value is -3.93. The first-order valence-corrected chi connectivity index (χ1v) is 10.1. The minimum Gasteiger partial charge on any atom is -0.423 e. The SMILES string of the molecule is Cc1ccc(-c2ccc(OC(=O)c3ccc(-c4cc(F)c(C)c(F)c4)cc3)cc2)c(F)c1F. The molecule has 0 N–H and O–H groups in total. The van der Waals surface area contributed by atoms with Crippen LogP contribution >= 0.6 is 0 Å². The molecule has 0 bridgehead atoms. The molecule has 0 amide bonds. The van der Waals surface area contributed by atoms with E-state index in [2.05, 4.69) is 0 Å². The van der Waals surface area contributed by atoms with Gasteiger partial charge in [-0.05, 0) is 72.5 Å². The standard InChI is InChI=1S/C27H18F4O2/c1-15-3-12-22(26(31)25(15)30)18-8-10-21(11-9-18)33-27(32)19-6-4-17(5-7-19)20-13-23(28)16(2)24(29)14-20/h3-14H,1-2H3. The Kier molecular flexibility index (Phi) is 6.01. The Morgan fingerprint density at radius 1 is 0.667 bits per heavy atom. The van der Waals surface area contributed by atoms with E-state index >= 15 is 0 Å². The summed E-state index contributed by atoms with van der Waals surface area (Å²) in [7, 11) is 0. The smallest absolute Gasteiger partial charge is 0.343 e. The topological polar surface area (TPSA) is 26.3 Å². The van der Waals surface area contributed by atoms with E-state index in [1.165, 1.54) is 74.5 Å². The van der Waals surface area contributed by atoms with Crippen molar-refractivity contribution in [1.29, 1.82) is 0 Å². The van der Waals surface area contributed by atoms with Crippen LogP contribution in [0.4, 0.5) is 17.6 Å². The number of esters is 1. The molecule has 166 valence electrons. The van der Waals surface area contributed by atoms with Gasteiger partial charge < -0.3 is 4.74 Å². The van der Waals surface area contributed by atoms with Crippen LogP contribution in [0.25, 0.3) is 22.3 Å². The number of benzene rings is 4. The van der Waals surface area contributed by atoms with E-state index in [9.17, 15) is 22.4 Å². The van der Waals surface area contributed by atoms with Gasteiger partial charge in [0.2, 0.25) is 0 Å². The highest BCUT2D eigenvalue weighted by Gasteiger charge is 2.14. The lowest BCUT2D eigenvalue weighted by molar-refractivity contribution is 0.0735. The molecule has 0 aliphatic carbocycles. The summed E-state index contributed by atoms with van der Waals surface area (Å²) < 4.78 is 61.0. The van der Waals surface area contributed by atoms with Crippen LogP contribution in [0.1, 0.15) is 21.5 Å². The molecule has 4 rings (SSSR count). The van der Waals surface area contributed by atoms with Crippen molar-refractivity contribution in [2.75, 3.05) is 0 Å². The fourth-order valence-corrected chi connectivity index (χ4v) is 3.35. The van der Waals surface area contributed by atoms with E-state index < -0.39 is 29.2 Å². The van der Waals surface area contributed by atoms with Gasteiger partial charge in [0, 0.05) is 11.1 Å². The number of hydrogen-bond acceptors (Lipinski definition) is 2. The number of ether oxygens (including phenoxy) is 1. The van der Waals surface area contributed by atoms with Gasteiger partial charge in [-0.3, -0.25) is 0 Å². The number of aryl methyl sites for hydroxylation is 1. The zero-order chi connectivity index (χ0) is 23.7. The molecule has 4 aromatic carbocycles. The lowest BCUT2D eigenvalue weighted by Gasteiger charge is -2.09. The van der Waals surface area contributed by atoms with Crippen LogP contribution in [0.15, 0.2) is 72.8 Å². The third-order valence-electron chi connectivity index (χ3n) is 5.39. The summed E-state index contributed by atoms with van der Waals surface area (Å²) in [5, 5.41) is 0. The molecule has 0 unspecified atom stereocenters. The molecule has 0 atom stereocenters. The number of rotatable bonds is 4. The molecular weight excluding hydrogens is 432 g/mol. The van der Waals surface area contributed by atoms with Gasteiger partial charge in [0.25, 0.3) is 0 Å². The monoisotopic (exact) mass is 450 g/mol. The number of halogens is 4. The summed E-state index contributed by atoms with van der Waals surface area (Å²) in [4.78, 5) is 12.5. The molecule has 2 nitrogen and oxygen atoms in total. The second-order valence-corrected chi connectivity index (χ2v) is 7.61. The van der Waals surface area contributed by atoms with Crippen molar-refractivity contribution in [1.82, 2.24) is 0 Å². The summed E-state index contributed by atoms with van der Waals surface area (Å²) in [5.74, 6) is -3.54. The van der Waals surface area contributed by atoms with E-state index in [0.717, 1.165) is 0 Å². The van der Waals surface area contributed by atoms with Gasteiger partial charge in [0.05, 0.1) is 5.56 Å². The van der Waals surface area contributed by atoms with Crippen molar-refractivity contribution < 1.29 is 27.1 Å². The fraction of sp³-hybridized carbons (Fsp3) is 0.0741. The minimum absolute atomic E-state index is 0.0554. The predicted molar refractivity (Wildman–Crippen MR) is 118 cm³/mol. The van der Waals surface area contributed by atoms with E-state index in [4.69, 9.17) is 4.74 Å². The zero-order valence-electron chi connectivity index (χ0n) is 17.8. The van der Waals surface area contributed by atoms with Gasteiger partial charge in [0.15, 0.2) is 11.6 Å². The number of carbonyl (C=O) groups is 1. The van der Waals surface area contributed by atoms with Crippen molar-refractivity contribution >= 4 is 5.97 Å². The van der Waals surface area contributed by atoms with Crippen LogP contribution in [0.3, 0.4) is 0 Å². The zero-order valence-corrected chi connectivity index (χ0v) is 17.8. The Morgan fingerprint density at radius 2 is 1.24 bits per heavy atom. The Balaban J connectivity index is 1.49. The summed E-state index contributed by atoms with van der Waals surface area (Å²) in [6, 6.07) is 17.6.